The number of carbonyl (C=O) groups excluding carboxylic acids is 1. The van der Waals surface area contributed by atoms with Gasteiger partial charge < -0.3 is 14.5 Å². The molecule has 0 radical (unpaired) electrons. The number of amides is 1. The number of sulfonamides is 1. The first-order valence-corrected chi connectivity index (χ1v) is 12.9. The highest BCUT2D eigenvalue weighted by Gasteiger charge is 2.22. The molecule has 1 heterocycles. The Morgan fingerprint density at radius 2 is 1.51 bits per heavy atom. The summed E-state index contributed by atoms with van der Waals surface area (Å²) < 4.78 is 46.4. The van der Waals surface area contributed by atoms with Crippen LogP contribution in [0.4, 0.5) is 15.8 Å². The van der Waals surface area contributed by atoms with E-state index in [1.807, 2.05) is 0 Å². The molecule has 35 heavy (non-hydrogen) atoms. The quantitative estimate of drug-likeness (QED) is 0.474. The van der Waals surface area contributed by atoms with Gasteiger partial charge in [0.2, 0.25) is 0 Å². The monoisotopic (exact) mass is 537 g/mol. The van der Waals surface area contributed by atoms with Crippen LogP contribution in [0.1, 0.15) is 0 Å². The van der Waals surface area contributed by atoms with Gasteiger partial charge in [0.25, 0.3) is 15.9 Å². The zero-order valence-corrected chi connectivity index (χ0v) is 20.8. The van der Waals surface area contributed by atoms with Gasteiger partial charge in [-0.25, -0.2) is 12.8 Å². The van der Waals surface area contributed by atoms with Crippen LogP contribution in [0.5, 0.6) is 5.75 Å². The van der Waals surface area contributed by atoms with Crippen molar-refractivity contribution in [3.8, 4) is 5.75 Å². The van der Waals surface area contributed by atoms with Crippen LogP contribution in [0, 0.1) is 5.82 Å². The Kier molecular flexibility index (Phi) is 7.69. The maximum Gasteiger partial charge on any atom is 0.261 e. The number of halogens is 3. The van der Waals surface area contributed by atoms with Gasteiger partial charge in [-0.3, -0.25) is 9.52 Å². The molecule has 4 rings (SSSR count). The van der Waals surface area contributed by atoms with Gasteiger partial charge in [-0.1, -0.05) is 23.2 Å². The Morgan fingerprint density at radius 1 is 0.914 bits per heavy atom. The number of ether oxygens (including phenoxy) is 1. The average Bonchev–Trinajstić information content (AvgIpc) is 2.82. The molecule has 0 bridgehead atoms. The smallest absolute Gasteiger partial charge is 0.261 e. The normalized spacial score (nSPS) is 14.0. The second-order valence-electron chi connectivity index (χ2n) is 7.87. The van der Waals surface area contributed by atoms with Gasteiger partial charge in [-0.15, -0.1) is 0 Å². The van der Waals surface area contributed by atoms with E-state index in [2.05, 4.69) is 9.62 Å². The summed E-state index contributed by atoms with van der Waals surface area (Å²) >= 11 is 11.8. The number of hydrogen-bond acceptors (Lipinski definition) is 5. The maximum atomic E-state index is 13.1. The third kappa shape index (κ3) is 6.56. The van der Waals surface area contributed by atoms with Crippen LogP contribution in [0.3, 0.4) is 0 Å². The van der Waals surface area contributed by atoms with Crippen LogP contribution in [0.15, 0.2) is 71.6 Å². The summed E-state index contributed by atoms with van der Waals surface area (Å²) in [7, 11) is -3.87. The number of rotatable bonds is 7. The van der Waals surface area contributed by atoms with Crippen LogP contribution < -0.4 is 14.4 Å². The maximum absolute atomic E-state index is 13.1. The fourth-order valence-corrected chi connectivity index (χ4v) is 5.21. The minimum absolute atomic E-state index is 0.0178. The second-order valence-corrected chi connectivity index (χ2v) is 10.4. The van der Waals surface area contributed by atoms with Crippen LogP contribution >= 0.6 is 23.2 Å². The second kappa shape index (κ2) is 10.7. The third-order valence-electron chi connectivity index (χ3n) is 5.44. The van der Waals surface area contributed by atoms with E-state index < -0.39 is 10.0 Å². The molecule has 0 unspecified atom stereocenters. The summed E-state index contributed by atoms with van der Waals surface area (Å²) in [6.07, 6.45) is 0. The van der Waals surface area contributed by atoms with E-state index in [9.17, 15) is 17.6 Å². The molecule has 7 nitrogen and oxygen atoms in total. The first-order chi connectivity index (χ1) is 16.7. The molecular weight excluding hydrogens is 516 g/mol. The summed E-state index contributed by atoms with van der Waals surface area (Å²) in [5, 5.41) is 0.612. The summed E-state index contributed by atoms with van der Waals surface area (Å²) in [5.74, 6) is -0.0827. The molecule has 0 saturated carbocycles. The Hall–Kier alpha value is -3.01. The molecule has 0 aromatic heterocycles. The molecule has 0 aliphatic carbocycles. The van der Waals surface area contributed by atoms with Crippen molar-refractivity contribution < 1.29 is 22.3 Å². The molecule has 1 amide bonds. The molecule has 0 atom stereocenters. The number of benzene rings is 3. The lowest BCUT2D eigenvalue weighted by molar-refractivity contribution is -0.133. The topological polar surface area (TPSA) is 78.9 Å². The average molecular weight is 538 g/mol. The molecule has 11 heteroatoms. The zero-order chi connectivity index (χ0) is 25.0. The lowest BCUT2D eigenvalue weighted by atomic mass is 10.2. The van der Waals surface area contributed by atoms with E-state index in [4.69, 9.17) is 27.9 Å². The molecule has 1 fully saturated rings. The highest BCUT2D eigenvalue weighted by atomic mass is 35.5. The number of piperazine rings is 1. The number of nitrogens with one attached hydrogen (secondary N) is 1. The molecular formula is C24H22Cl2FN3O4S. The third-order valence-corrected chi connectivity index (χ3v) is 7.27. The van der Waals surface area contributed by atoms with Gasteiger partial charge >= 0.3 is 0 Å². The van der Waals surface area contributed by atoms with Crippen molar-refractivity contribution in [2.24, 2.45) is 0 Å². The van der Waals surface area contributed by atoms with Crippen molar-refractivity contribution in [1.82, 2.24) is 4.90 Å². The minimum atomic E-state index is -3.87. The van der Waals surface area contributed by atoms with Gasteiger partial charge in [-0.2, -0.15) is 0 Å². The van der Waals surface area contributed by atoms with Crippen LogP contribution in [0.2, 0.25) is 10.0 Å². The predicted molar refractivity (Wildman–Crippen MR) is 134 cm³/mol. The number of hydrogen-bond donors (Lipinski definition) is 1. The van der Waals surface area contributed by atoms with Crippen molar-refractivity contribution in [2.75, 3.05) is 42.4 Å². The standard InChI is InChI=1S/C24H22Cl2FN3O4S/c25-17-13-18(26)15-20(14-17)28-35(32,33)23-7-5-22(6-8-23)34-16-24(31)30-11-9-29(10-12-30)21-3-1-19(27)2-4-21/h1-8,13-15,28H,9-12,16H2. The summed E-state index contributed by atoms with van der Waals surface area (Å²) in [5.41, 5.74) is 1.16. The lowest BCUT2D eigenvalue weighted by Crippen LogP contribution is -2.50. The molecule has 1 aliphatic heterocycles. The van der Waals surface area contributed by atoms with Gasteiger partial charge in [0.1, 0.15) is 11.6 Å². The molecule has 3 aromatic carbocycles. The van der Waals surface area contributed by atoms with E-state index in [0.717, 1.165) is 5.69 Å². The molecule has 1 aliphatic rings. The van der Waals surface area contributed by atoms with Gasteiger partial charge in [0.05, 0.1) is 10.6 Å². The SMILES string of the molecule is O=C(COc1ccc(S(=O)(=O)Nc2cc(Cl)cc(Cl)c2)cc1)N1CCN(c2ccc(F)cc2)CC1. The first-order valence-electron chi connectivity index (χ1n) is 10.7. The largest absolute Gasteiger partial charge is 0.484 e. The van der Waals surface area contributed by atoms with Crippen molar-refractivity contribution in [3.05, 3.63) is 82.6 Å². The molecule has 0 spiro atoms. The predicted octanol–water partition coefficient (Wildman–Crippen LogP) is 4.66. The molecule has 1 saturated heterocycles. The Labute approximate surface area is 213 Å². The van der Waals surface area contributed by atoms with Gasteiger partial charge in [0, 0.05) is 41.9 Å². The fourth-order valence-electron chi connectivity index (χ4n) is 3.64. The van der Waals surface area contributed by atoms with Crippen molar-refractivity contribution in [2.45, 2.75) is 4.90 Å². The number of carbonyl (C=O) groups is 1. The zero-order valence-electron chi connectivity index (χ0n) is 18.5. The Bertz CT molecular complexity index is 1280. The van der Waals surface area contributed by atoms with E-state index in [0.29, 0.717) is 42.0 Å². The van der Waals surface area contributed by atoms with Gasteiger partial charge in [0.15, 0.2) is 6.61 Å². The van der Waals surface area contributed by atoms with E-state index in [1.165, 1.54) is 54.6 Å². The summed E-state index contributed by atoms with van der Waals surface area (Å²) in [6, 6.07) is 16.4. The van der Waals surface area contributed by atoms with Crippen LogP contribution in [-0.4, -0.2) is 52.0 Å². The lowest BCUT2D eigenvalue weighted by Gasteiger charge is -2.36. The number of anilines is 2. The van der Waals surface area contributed by atoms with E-state index in [-0.39, 0.29) is 28.9 Å². The van der Waals surface area contributed by atoms with Crippen molar-refractivity contribution in [1.29, 1.82) is 0 Å². The van der Waals surface area contributed by atoms with Crippen molar-refractivity contribution in [3.63, 3.8) is 0 Å². The Morgan fingerprint density at radius 3 is 2.11 bits per heavy atom. The summed E-state index contributed by atoms with van der Waals surface area (Å²) in [4.78, 5) is 16.4. The van der Waals surface area contributed by atoms with Crippen molar-refractivity contribution >= 4 is 50.5 Å². The number of nitrogens with zero attached hydrogens (tertiary/aromatic N) is 2. The highest BCUT2D eigenvalue weighted by Crippen LogP contribution is 2.25. The molecule has 3 aromatic rings. The van der Waals surface area contributed by atoms with E-state index in [1.54, 1.807) is 17.0 Å². The van der Waals surface area contributed by atoms with Crippen LogP contribution in [0.25, 0.3) is 0 Å². The molecule has 1 N–H and O–H groups in total. The minimum Gasteiger partial charge on any atom is -0.484 e. The summed E-state index contributed by atoms with van der Waals surface area (Å²) in [6.45, 7) is 2.15. The van der Waals surface area contributed by atoms with Crippen LogP contribution in [-0.2, 0) is 14.8 Å². The Balaban J connectivity index is 1.29. The molecule has 184 valence electrons. The highest BCUT2D eigenvalue weighted by molar-refractivity contribution is 7.92. The first kappa shape index (κ1) is 25.1. The van der Waals surface area contributed by atoms with Gasteiger partial charge in [-0.05, 0) is 66.7 Å². The van der Waals surface area contributed by atoms with E-state index >= 15 is 0 Å². The fraction of sp³-hybridized carbons (Fsp3) is 0.208.